The average Bonchev–Trinajstić information content (AvgIpc) is 3.18. The van der Waals surface area contributed by atoms with Gasteiger partial charge in [0.2, 0.25) is 0 Å². The van der Waals surface area contributed by atoms with Crippen LogP contribution < -0.4 is 5.32 Å². The quantitative estimate of drug-likeness (QED) is 0.927. The van der Waals surface area contributed by atoms with E-state index in [0.717, 1.165) is 24.9 Å². The predicted octanol–water partition coefficient (Wildman–Crippen LogP) is 2.01. The summed E-state index contributed by atoms with van der Waals surface area (Å²) in [4.78, 5) is 0. The van der Waals surface area contributed by atoms with Crippen molar-refractivity contribution in [1.29, 1.82) is 5.26 Å². The Morgan fingerprint density at radius 3 is 3.10 bits per heavy atom. The molecule has 1 N–H and O–H groups in total. The first-order valence-corrected chi connectivity index (χ1v) is 7.27. The third-order valence-corrected chi connectivity index (χ3v) is 4.13. The molecule has 6 heteroatoms. The van der Waals surface area contributed by atoms with Crippen LogP contribution in [0.4, 0.5) is 0 Å². The maximum Gasteiger partial charge on any atom is 0.143 e. The highest BCUT2D eigenvalue weighted by Crippen LogP contribution is 2.27. The summed E-state index contributed by atoms with van der Waals surface area (Å²) in [7, 11) is 0. The lowest BCUT2D eigenvalue weighted by atomic mass is 10.0. The molecule has 6 nitrogen and oxygen atoms in total. The van der Waals surface area contributed by atoms with Crippen LogP contribution in [0.15, 0.2) is 30.6 Å². The van der Waals surface area contributed by atoms with E-state index in [1.165, 1.54) is 5.56 Å². The van der Waals surface area contributed by atoms with Crippen LogP contribution in [0.2, 0.25) is 0 Å². The molecule has 1 fully saturated rings. The van der Waals surface area contributed by atoms with Gasteiger partial charge in [-0.3, -0.25) is 0 Å². The molecule has 3 atom stereocenters. The van der Waals surface area contributed by atoms with Crippen molar-refractivity contribution in [2.45, 2.75) is 38.3 Å². The predicted molar refractivity (Wildman–Crippen MR) is 77.4 cm³/mol. The lowest BCUT2D eigenvalue weighted by molar-refractivity contribution is 0.417. The van der Waals surface area contributed by atoms with Gasteiger partial charge in [-0.1, -0.05) is 18.6 Å². The van der Waals surface area contributed by atoms with Crippen molar-refractivity contribution >= 4 is 0 Å². The summed E-state index contributed by atoms with van der Waals surface area (Å²) < 4.78 is 1.64. The number of nitrogens with one attached hydrogen (secondary N) is 1. The number of rotatable bonds is 4. The van der Waals surface area contributed by atoms with E-state index < -0.39 is 0 Å². The van der Waals surface area contributed by atoms with Gasteiger partial charge in [-0.25, -0.2) is 4.68 Å². The highest BCUT2D eigenvalue weighted by molar-refractivity contribution is 5.35. The lowest BCUT2D eigenvalue weighted by Gasteiger charge is -2.22. The topological polar surface area (TPSA) is 79.4 Å². The molecular formula is C15H18N6. The Balaban J connectivity index is 1.74. The van der Waals surface area contributed by atoms with E-state index in [2.05, 4.69) is 46.0 Å². The van der Waals surface area contributed by atoms with Crippen LogP contribution in [0.5, 0.6) is 0 Å². The van der Waals surface area contributed by atoms with Crippen molar-refractivity contribution in [2.24, 2.45) is 5.92 Å². The highest BCUT2D eigenvalue weighted by Gasteiger charge is 2.28. The van der Waals surface area contributed by atoms with Gasteiger partial charge in [0.25, 0.3) is 0 Å². The van der Waals surface area contributed by atoms with Crippen molar-refractivity contribution in [2.75, 3.05) is 0 Å². The first kappa shape index (κ1) is 13.7. The van der Waals surface area contributed by atoms with Gasteiger partial charge in [0.1, 0.15) is 6.33 Å². The molecule has 1 aromatic carbocycles. The molecule has 1 aliphatic carbocycles. The summed E-state index contributed by atoms with van der Waals surface area (Å²) in [6.07, 6.45) is 4.80. The van der Waals surface area contributed by atoms with E-state index >= 15 is 0 Å². The van der Waals surface area contributed by atoms with E-state index in [-0.39, 0.29) is 12.0 Å². The van der Waals surface area contributed by atoms with Gasteiger partial charge in [-0.2, -0.15) is 5.26 Å². The van der Waals surface area contributed by atoms with Gasteiger partial charge >= 0.3 is 0 Å². The average molecular weight is 282 g/mol. The number of tetrazole rings is 1. The molecule has 1 saturated carbocycles. The molecule has 0 amide bonds. The van der Waals surface area contributed by atoms with Crippen LogP contribution in [0.3, 0.4) is 0 Å². The molecule has 1 aliphatic rings. The molecule has 0 radical (unpaired) electrons. The lowest BCUT2D eigenvalue weighted by Crippen LogP contribution is -2.33. The zero-order chi connectivity index (χ0) is 14.7. The second-order valence-electron chi connectivity index (χ2n) is 5.51. The molecule has 0 saturated heterocycles. The van der Waals surface area contributed by atoms with Crippen molar-refractivity contribution in [3.05, 3.63) is 36.2 Å². The van der Waals surface area contributed by atoms with Crippen LogP contribution in [0.25, 0.3) is 5.69 Å². The van der Waals surface area contributed by atoms with Crippen molar-refractivity contribution in [1.82, 2.24) is 25.5 Å². The fourth-order valence-electron chi connectivity index (χ4n) is 2.95. The van der Waals surface area contributed by atoms with Crippen LogP contribution in [-0.2, 0) is 0 Å². The van der Waals surface area contributed by atoms with Crippen molar-refractivity contribution in [3.8, 4) is 11.8 Å². The third-order valence-electron chi connectivity index (χ3n) is 4.13. The molecule has 3 rings (SSSR count). The Morgan fingerprint density at radius 2 is 2.33 bits per heavy atom. The zero-order valence-corrected chi connectivity index (χ0v) is 12.0. The summed E-state index contributed by atoms with van der Waals surface area (Å²) in [5, 5.41) is 24.0. The zero-order valence-electron chi connectivity index (χ0n) is 12.0. The van der Waals surface area contributed by atoms with Crippen LogP contribution >= 0.6 is 0 Å². The monoisotopic (exact) mass is 282 g/mol. The summed E-state index contributed by atoms with van der Waals surface area (Å²) in [5.41, 5.74) is 2.11. The van der Waals surface area contributed by atoms with Crippen molar-refractivity contribution < 1.29 is 0 Å². The van der Waals surface area contributed by atoms with Crippen LogP contribution in [0, 0.1) is 17.2 Å². The standard InChI is InChI=1S/C15H18N6/c1-11(18-15-7-3-5-13(15)9-16)12-4-2-6-14(8-12)21-10-17-19-20-21/h2,4,6,8,10-11,13,15,18H,3,5,7H2,1H3. The minimum absolute atomic E-state index is 0.134. The first-order valence-electron chi connectivity index (χ1n) is 7.27. The van der Waals surface area contributed by atoms with E-state index in [4.69, 9.17) is 0 Å². The maximum atomic E-state index is 9.17. The third kappa shape index (κ3) is 2.93. The maximum absolute atomic E-state index is 9.17. The SMILES string of the molecule is CC(NC1CCCC1C#N)c1cccc(-n2cnnn2)c1. The Labute approximate surface area is 123 Å². The molecule has 108 valence electrons. The van der Waals surface area contributed by atoms with E-state index in [9.17, 15) is 5.26 Å². The smallest absolute Gasteiger partial charge is 0.143 e. The molecule has 0 aliphatic heterocycles. The van der Waals surface area contributed by atoms with Crippen LogP contribution in [0.1, 0.15) is 37.8 Å². The molecule has 21 heavy (non-hydrogen) atoms. The van der Waals surface area contributed by atoms with Gasteiger partial charge in [0.15, 0.2) is 0 Å². The highest BCUT2D eigenvalue weighted by atomic mass is 15.5. The largest absolute Gasteiger partial charge is 0.306 e. The van der Waals surface area contributed by atoms with Crippen LogP contribution in [-0.4, -0.2) is 26.2 Å². The number of nitrogens with zero attached hydrogens (tertiary/aromatic N) is 5. The fourth-order valence-corrected chi connectivity index (χ4v) is 2.95. The van der Waals surface area contributed by atoms with Gasteiger partial charge in [-0.15, -0.1) is 5.10 Å². The number of nitriles is 1. The van der Waals surface area contributed by atoms with E-state index in [1.54, 1.807) is 11.0 Å². The molecule has 1 heterocycles. The second kappa shape index (κ2) is 6.02. The van der Waals surface area contributed by atoms with E-state index in [0.29, 0.717) is 6.04 Å². The van der Waals surface area contributed by atoms with E-state index in [1.807, 2.05) is 12.1 Å². The molecule has 3 unspecified atom stereocenters. The molecular weight excluding hydrogens is 264 g/mol. The van der Waals surface area contributed by atoms with Crippen molar-refractivity contribution in [3.63, 3.8) is 0 Å². The number of hydrogen-bond acceptors (Lipinski definition) is 5. The van der Waals surface area contributed by atoms with Gasteiger partial charge in [0, 0.05) is 12.1 Å². The fraction of sp³-hybridized carbons (Fsp3) is 0.467. The first-order chi connectivity index (χ1) is 10.3. The molecule has 0 spiro atoms. The second-order valence-corrected chi connectivity index (χ2v) is 5.51. The molecule has 2 aromatic rings. The summed E-state index contributed by atoms with van der Waals surface area (Å²) in [5.74, 6) is 0.134. The Bertz CT molecular complexity index is 630. The van der Waals surface area contributed by atoms with Gasteiger partial charge in [0.05, 0.1) is 17.7 Å². The number of aromatic nitrogens is 4. The molecule has 1 aromatic heterocycles. The normalized spacial score (nSPS) is 22.9. The minimum atomic E-state index is 0.134. The Morgan fingerprint density at radius 1 is 1.43 bits per heavy atom. The summed E-state index contributed by atoms with van der Waals surface area (Å²) >= 11 is 0. The summed E-state index contributed by atoms with van der Waals surface area (Å²) in [6, 6.07) is 11.0. The number of hydrogen-bond donors (Lipinski definition) is 1. The van der Waals surface area contributed by atoms with Gasteiger partial charge < -0.3 is 5.32 Å². The Kier molecular flexibility index (Phi) is 3.93. The van der Waals surface area contributed by atoms with Gasteiger partial charge in [-0.05, 0) is 47.9 Å². The number of benzene rings is 1. The summed E-state index contributed by atoms with van der Waals surface area (Å²) in [6.45, 7) is 2.13. The Hall–Kier alpha value is -2.26. The molecule has 0 bridgehead atoms. The minimum Gasteiger partial charge on any atom is -0.306 e.